The number of nitrogens with zero attached hydrogens (tertiary/aromatic N) is 2. The van der Waals surface area contributed by atoms with E-state index in [1.54, 1.807) is 36.6 Å². The van der Waals surface area contributed by atoms with E-state index in [4.69, 9.17) is 16.0 Å². The van der Waals surface area contributed by atoms with Crippen molar-refractivity contribution in [1.29, 1.82) is 0 Å². The zero-order chi connectivity index (χ0) is 22.1. The van der Waals surface area contributed by atoms with E-state index in [0.29, 0.717) is 38.7 Å². The maximum atomic E-state index is 13.0. The number of carbonyl (C=O) groups excluding carboxylic acids is 2. The number of hydrogen-bond acceptors (Lipinski definition) is 7. The maximum absolute atomic E-state index is 13.0. The van der Waals surface area contributed by atoms with Crippen LogP contribution in [0.2, 0.25) is 5.02 Å². The minimum atomic E-state index is -0.382. The van der Waals surface area contributed by atoms with Crippen molar-refractivity contribution >= 4 is 56.4 Å². The van der Waals surface area contributed by atoms with Crippen molar-refractivity contribution in [3.05, 3.63) is 69.2 Å². The molecule has 7 nitrogen and oxygen atoms in total. The molecule has 162 valence electrons. The van der Waals surface area contributed by atoms with Gasteiger partial charge in [-0.25, -0.2) is 9.97 Å². The van der Waals surface area contributed by atoms with Gasteiger partial charge >= 0.3 is 0 Å². The van der Waals surface area contributed by atoms with Crippen LogP contribution in [0.15, 0.2) is 52.5 Å². The lowest BCUT2D eigenvalue weighted by atomic mass is 9.90. The molecule has 3 heterocycles. The van der Waals surface area contributed by atoms with E-state index < -0.39 is 0 Å². The van der Waals surface area contributed by atoms with Crippen LogP contribution in [0.25, 0.3) is 11.5 Å². The summed E-state index contributed by atoms with van der Waals surface area (Å²) in [5.74, 6) is -0.136. The van der Waals surface area contributed by atoms with Crippen LogP contribution in [-0.2, 0) is 11.2 Å². The Bertz CT molecular complexity index is 1260. The SMILES string of the molecule is O=C(Nc1nc2c(s1)CCCC2C(=O)Nc1nc(-c2ccco2)cs1)c1ccc(Cl)cc1. The molecule has 2 N–H and O–H groups in total. The van der Waals surface area contributed by atoms with Crippen molar-refractivity contribution in [3.63, 3.8) is 0 Å². The van der Waals surface area contributed by atoms with E-state index in [0.717, 1.165) is 23.4 Å². The molecule has 0 saturated heterocycles. The molecule has 0 fully saturated rings. The van der Waals surface area contributed by atoms with Gasteiger partial charge in [-0.1, -0.05) is 11.6 Å². The van der Waals surface area contributed by atoms with Crippen LogP contribution < -0.4 is 10.6 Å². The van der Waals surface area contributed by atoms with Crippen LogP contribution in [0.5, 0.6) is 0 Å². The van der Waals surface area contributed by atoms with Gasteiger partial charge < -0.3 is 9.73 Å². The molecule has 0 radical (unpaired) electrons. The molecule has 0 aliphatic heterocycles. The lowest BCUT2D eigenvalue weighted by Crippen LogP contribution is -2.24. The molecule has 1 atom stereocenters. The Labute approximate surface area is 196 Å². The molecular formula is C22H17ClN4O3S2. The second kappa shape index (κ2) is 8.85. The average Bonchev–Trinajstić information content (AvgIpc) is 3.54. The van der Waals surface area contributed by atoms with E-state index in [9.17, 15) is 9.59 Å². The van der Waals surface area contributed by atoms with Gasteiger partial charge in [0.25, 0.3) is 5.91 Å². The lowest BCUT2D eigenvalue weighted by Gasteiger charge is -2.19. The molecular weight excluding hydrogens is 468 g/mol. The molecule has 1 aliphatic carbocycles. The number of benzene rings is 1. The van der Waals surface area contributed by atoms with E-state index in [-0.39, 0.29) is 17.7 Å². The molecule has 0 bridgehead atoms. The molecule has 2 amide bonds. The van der Waals surface area contributed by atoms with Gasteiger partial charge in [0.2, 0.25) is 5.91 Å². The number of thiazole rings is 2. The van der Waals surface area contributed by atoms with Crippen LogP contribution in [0.3, 0.4) is 0 Å². The summed E-state index contributed by atoms with van der Waals surface area (Å²) in [5.41, 5.74) is 1.90. The molecule has 1 aliphatic rings. The molecule has 0 saturated carbocycles. The third-order valence-electron chi connectivity index (χ3n) is 5.11. The fourth-order valence-corrected chi connectivity index (χ4v) is 5.45. The zero-order valence-corrected chi connectivity index (χ0v) is 19.0. The predicted octanol–water partition coefficient (Wildman–Crippen LogP) is 5.82. The number of furan rings is 1. The first-order valence-electron chi connectivity index (χ1n) is 9.93. The first-order chi connectivity index (χ1) is 15.6. The van der Waals surface area contributed by atoms with Gasteiger partial charge in [0.05, 0.1) is 17.9 Å². The Kier molecular flexibility index (Phi) is 5.77. The molecule has 4 aromatic rings. The van der Waals surface area contributed by atoms with Crippen molar-refractivity contribution in [3.8, 4) is 11.5 Å². The summed E-state index contributed by atoms with van der Waals surface area (Å²) >= 11 is 8.65. The molecule has 3 aromatic heterocycles. The number of fused-ring (bicyclic) bond motifs is 1. The summed E-state index contributed by atoms with van der Waals surface area (Å²) in [4.78, 5) is 35.6. The Morgan fingerprint density at radius 1 is 1.09 bits per heavy atom. The lowest BCUT2D eigenvalue weighted by molar-refractivity contribution is -0.117. The molecule has 1 aromatic carbocycles. The second-order valence-corrected chi connectivity index (χ2v) is 9.62. The number of halogens is 1. The fraction of sp³-hybridized carbons (Fsp3) is 0.182. The second-order valence-electron chi connectivity index (χ2n) is 7.24. The number of aromatic nitrogens is 2. The average molecular weight is 485 g/mol. The van der Waals surface area contributed by atoms with E-state index in [1.165, 1.54) is 22.7 Å². The van der Waals surface area contributed by atoms with Crippen molar-refractivity contribution in [1.82, 2.24) is 9.97 Å². The van der Waals surface area contributed by atoms with Gasteiger partial charge in [0.1, 0.15) is 5.69 Å². The largest absolute Gasteiger partial charge is 0.463 e. The third-order valence-corrected chi connectivity index (χ3v) is 7.16. The number of rotatable bonds is 5. The molecule has 1 unspecified atom stereocenters. The highest BCUT2D eigenvalue weighted by molar-refractivity contribution is 7.16. The highest BCUT2D eigenvalue weighted by Gasteiger charge is 2.31. The monoisotopic (exact) mass is 484 g/mol. The fourth-order valence-electron chi connectivity index (χ4n) is 3.56. The molecule has 0 spiro atoms. The summed E-state index contributed by atoms with van der Waals surface area (Å²) in [6.07, 6.45) is 4.01. The smallest absolute Gasteiger partial charge is 0.257 e. The summed E-state index contributed by atoms with van der Waals surface area (Å²) in [7, 11) is 0. The molecule has 10 heteroatoms. The first kappa shape index (κ1) is 20.9. The number of nitrogens with one attached hydrogen (secondary N) is 2. The molecule has 5 rings (SSSR count). The van der Waals surface area contributed by atoms with E-state index in [2.05, 4.69) is 20.6 Å². The standard InChI is InChI=1S/C22H17ClN4O3S2/c23-13-8-6-12(7-9-13)19(28)26-22-25-18-14(3-1-5-17(18)32-22)20(29)27-21-24-15(11-31-21)16-4-2-10-30-16/h2,4,6-11,14H,1,3,5H2,(H,24,27,29)(H,25,26,28). The highest BCUT2D eigenvalue weighted by Crippen LogP contribution is 2.38. The number of hydrogen-bond donors (Lipinski definition) is 2. The van der Waals surface area contributed by atoms with Gasteiger partial charge in [0, 0.05) is 20.8 Å². The topological polar surface area (TPSA) is 97.1 Å². The Balaban J connectivity index is 1.30. The Morgan fingerprint density at radius 2 is 1.94 bits per heavy atom. The van der Waals surface area contributed by atoms with Crippen LogP contribution >= 0.6 is 34.3 Å². The quantitative estimate of drug-likeness (QED) is 0.371. The maximum Gasteiger partial charge on any atom is 0.257 e. The minimum absolute atomic E-state index is 0.146. The van der Waals surface area contributed by atoms with Crippen molar-refractivity contribution in [2.45, 2.75) is 25.2 Å². The van der Waals surface area contributed by atoms with Crippen LogP contribution in [0.1, 0.15) is 39.7 Å². The summed E-state index contributed by atoms with van der Waals surface area (Å²) < 4.78 is 5.35. The van der Waals surface area contributed by atoms with Gasteiger partial charge in [-0.05, 0) is 55.7 Å². The number of aryl methyl sites for hydroxylation is 1. The number of anilines is 2. The van der Waals surface area contributed by atoms with Crippen molar-refractivity contribution < 1.29 is 14.0 Å². The van der Waals surface area contributed by atoms with Gasteiger partial charge in [-0.3, -0.25) is 14.9 Å². The highest BCUT2D eigenvalue weighted by atomic mass is 35.5. The van der Waals surface area contributed by atoms with E-state index in [1.807, 2.05) is 11.4 Å². The van der Waals surface area contributed by atoms with Crippen LogP contribution in [0, 0.1) is 0 Å². The minimum Gasteiger partial charge on any atom is -0.463 e. The van der Waals surface area contributed by atoms with Crippen molar-refractivity contribution in [2.75, 3.05) is 10.6 Å². The van der Waals surface area contributed by atoms with Crippen LogP contribution in [0.4, 0.5) is 10.3 Å². The van der Waals surface area contributed by atoms with Crippen LogP contribution in [-0.4, -0.2) is 21.8 Å². The third kappa shape index (κ3) is 4.32. The first-order valence-corrected chi connectivity index (χ1v) is 12.0. The van der Waals surface area contributed by atoms with E-state index >= 15 is 0 Å². The Hall–Kier alpha value is -3.01. The summed E-state index contributed by atoms with van der Waals surface area (Å²) in [5, 5.41) is 9.15. The summed E-state index contributed by atoms with van der Waals surface area (Å²) in [6.45, 7) is 0. The van der Waals surface area contributed by atoms with Gasteiger partial charge in [-0.2, -0.15) is 0 Å². The van der Waals surface area contributed by atoms with Crippen molar-refractivity contribution in [2.24, 2.45) is 0 Å². The Morgan fingerprint density at radius 3 is 2.72 bits per heavy atom. The zero-order valence-electron chi connectivity index (χ0n) is 16.6. The van der Waals surface area contributed by atoms with Gasteiger partial charge in [-0.15, -0.1) is 22.7 Å². The number of carbonyl (C=O) groups is 2. The normalized spacial score (nSPS) is 15.2. The number of amides is 2. The summed E-state index contributed by atoms with van der Waals surface area (Å²) in [6, 6.07) is 10.3. The predicted molar refractivity (Wildman–Crippen MR) is 126 cm³/mol. The molecule has 32 heavy (non-hydrogen) atoms. The van der Waals surface area contributed by atoms with Gasteiger partial charge in [0.15, 0.2) is 16.0 Å².